The number of ether oxygens (including phenoxy) is 2. The SMILES string of the molecule is COc1ccc(OCc2nc3cc(NC(=NC4C[C@H]5C[C@@H]([C@@H]4C)C5(C)CI)N4C[C@@H](C)N[C@@H](C)C4)ccc3c(=O)n2C)c(F)c1. The summed E-state index contributed by atoms with van der Waals surface area (Å²) in [4.78, 5) is 25.9. The van der Waals surface area contributed by atoms with Gasteiger partial charge in [0.2, 0.25) is 0 Å². The van der Waals surface area contributed by atoms with Crippen molar-refractivity contribution in [3.63, 3.8) is 0 Å². The number of aromatic nitrogens is 2. The molecule has 2 heterocycles. The topological polar surface area (TPSA) is 93.0 Å². The lowest BCUT2D eigenvalue weighted by Crippen LogP contribution is -2.60. The van der Waals surface area contributed by atoms with Crippen LogP contribution in [0.5, 0.6) is 11.5 Å². The standard InChI is InChI=1S/C34H44FIN6O3/c1-19-15-42(16-20(2)37-19)33(40-28-12-22-11-26(21(28)3)34(22,4)18-36)38-23-7-9-25-29(13-23)39-31(41(5)32(25)43)17-45-30-10-8-24(44-6)14-27(30)35/h7-10,13-14,19-22,26,28,37H,11-12,15-18H2,1-6H3,(H,38,40)/t19-,20+,21-,22+,26-,28?,34?/m0/s1. The van der Waals surface area contributed by atoms with Crippen molar-refractivity contribution in [3.05, 3.63) is 58.4 Å². The summed E-state index contributed by atoms with van der Waals surface area (Å²) in [5, 5.41) is 7.79. The van der Waals surface area contributed by atoms with E-state index in [2.05, 4.69) is 65.8 Å². The Balaban J connectivity index is 1.29. The van der Waals surface area contributed by atoms with E-state index in [0.29, 0.717) is 51.8 Å². The minimum atomic E-state index is -0.543. The van der Waals surface area contributed by atoms with Crippen molar-refractivity contribution in [3.8, 4) is 11.5 Å². The fourth-order valence-electron chi connectivity index (χ4n) is 7.69. The molecule has 3 aromatic rings. The largest absolute Gasteiger partial charge is 0.497 e. The van der Waals surface area contributed by atoms with Crippen LogP contribution in [0.25, 0.3) is 10.9 Å². The molecule has 9 nitrogen and oxygen atoms in total. The Morgan fingerprint density at radius 2 is 1.93 bits per heavy atom. The number of rotatable bonds is 7. The van der Waals surface area contributed by atoms with Gasteiger partial charge < -0.3 is 25.0 Å². The zero-order chi connectivity index (χ0) is 32.0. The fraction of sp³-hybridized carbons (Fsp3) is 0.559. The molecule has 2 bridgehead atoms. The molecule has 1 aromatic heterocycles. The summed E-state index contributed by atoms with van der Waals surface area (Å²) in [5.74, 6) is 3.14. The van der Waals surface area contributed by atoms with Crippen LogP contribution in [0.4, 0.5) is 10.1 Å². The number of halogens is 2. The molecule has 3 saturated carbocycles. The summed E-state index contributed by atoms with van der Waals surface area (Å²) in [6.45, 7) is 10.9. The maximum Gasteiger partial charge on any atom is 0.261 e. The van der Waals surface area contributed by atoms with Gasteiger partial charge in [0.05, 0.1) is 24.1 Å². The minimum absolute atomic E-state index is 0.0641. The van der Waals surface area contributed by atoms with E-state index in [0.717, 1.165) is 37.1 Å². The van der Waals surface area contributed by atoms with Crippen LogP contribution in [0.15, 0.2) is 46.2 Å². The molecule has 1 saturated heterocycles. The molecule has 45 heavy (non-hydrogen) atoms. The van der Waals surface area contributed by atoms with Crippen LogP contribution in [0, 0.1) is 29.0 Å². The third-order valence-corrected chi connectivity index (χ3v) is 12.1. The molecule has 7 rings (SSSR count). The number of aliphatic imine (C=N–C) groups is 1. The second-order valence-corrected chi connectivity index (χ2v) is 14.3. The van der Waals surface area contributed by atoms with Crippen LogP contribution >= 0.6 is 22.6 Å². The van der Waals surface area contributed by atoms with Gasteiger partial charge >= 0.3 is 0 Å². The second kappa shape index (κ2) is 12.7. The van der Waals surface area contributed by atoms with E-state index in [1.54, 1.807) is 13.1 Å². The van der Waals surface area contributed by atoms with E-state index in [1.807, 2.05) is 18.2 Å². The average Bonchev–Trinajstić information content (AvgIpc) is 3.01. The Kier molecular flexibility index (Phi) is 9.04. The lowest BCUT2D eigenvalue weighted by Gasteiger charge is -2.62. The van der Waals surface area contributed by atoms with Gasteiger partial charge in [0.15, 0.2) is 17.5 Å². The van der Waals surface area contributed by atoms with Crippen LogP contribution in [0.1, 0.15) is 46.4 Å². The van der Waals surface area contributed by atoms with Crippen LogP contribution in [-0.4, -0.2) is 63.2 Å². The number of fused-ring (bicyclic) bond motifs is 3. The highest BCUT2D eigenvalue weighted by Gasteiger charge is 2.58. The fourth-order valence-corrected chi connectivity index (χ4v) is 8.88. The molecule has 242 valence electrons. The van der Waals surface area contributed by atoms with E-state index < -0.39 is 5.82 Å². The summed E-state index contributed by atoms with van der Waals surface area (Å²) in [6.07, 6.45) is 2.44. The van der Waals surface area contributed by atoms with Gasteiger partial charge in [-0.15, -0.1) is 0 Å². The van der Waals surface area contributed by atoms with Gasteiger partial charge in [-0.25, -0.2) is 14.4 Å². The molecular weight excluding hydrogens is 686 g/mol. The van der Waals surface area contributed by atoms with Gasteiger partial charge in [-0.1, -0.05) is 36.4 Å². The number of piperazine rings is 1. The van der Waals surface area contributed by atoms with Gasteiger partial charge in [-0.05, 0) is 80.2 Å². The lowest BCUT2D eigenvalue weighted by atomic mass is 9.45. The summed E-state index contributed by atoms with van der Waals surface area (Å²) >= 11 is 2.57. The lowest BCUT2D eigenvalue weighted by molar-refractivity contribution is -0.102. The summed E-state index contributed by atoms with van der Waals surface area (Å²) in [7, 11) is 3.13. The van der Waals surface area contributed by atoms with Gasteiger partial charge in [0, 0.05) is 48.4 Å². The predicted molar refractivity (Wildman–Crippen MR) is 185 cm³/mol. The van der Waals surface area contributed by atoms with E-state index in [-0.39, 0.29) is 24.0 Å². The maximum atomic E-state index is 14.5. The smallest absolute Gasteiger partial charge is 0.261 e. The molecule has 0 spiro atoms. The van der Waals surface area contributed by atoms with E-state index in [1.165, 1.54) is 34.7 Å². The molecule has 2 aromatic carbocycles. The third kappa shape index (κ3) is 6.14. The molecule has 11 heteroatoms. The number of benzene rings is 2. The molecule has 0 radical (unpaired) electrons. The van der Waals surface area contributed by atoms with E-state index in [4.69, 9.17) is 19.5 Å². The minimum Gasteiger partial charge on any atom is -0.497 e. The Bertz CT molecular complexity index is 1650. The number of nitrogens with zero attached hydrogens (tertiary/aromatic N) is 4. The van der Waals surface area contributed by atoms with Gasteiger partial charge in [0.1, 0.15) is 18.2 Å². The molecule has 4 fully saturated rings. The van der Waals surface area contributed by atoms with E-state index >= 15 is 0 Å². The van der Waals surface area contributed by atoms with Crippen LogP contribution in [0.3, 0.4) is 0 Å². The van der Waals surface area contributed by atoms with Crippen LogP contribution in [-0.2, 0) is 13.7 Å². The molecule has 4 aliphatic rings. The molecule has 2 N–H and O–H groups in total. The number of nitrogens with one attached hydrogen (secondary N) is 2. The quantitative estimate of drug-likeness (QED) is 0.142. The number of hydrogen-bond acceptors (Lipinski definition) is 6. The first-order valence-corrected chi connectivity index (χ1v) is 17.4. The van der Waals surface area contributed by atoms with Gasteiger partial charge in [0.25, 0.3) is 5.56 Å². The van der Waals surface area contributed by atoms with Crippen molar-refractivity contribution in [2.45, 2.75) is 65.3 Å². The molecule has 0 amide bonds. The zero-order valence-electron chi connectivity index (χ0n) is 26.9. The summed E-state index contributed by atoms with van der Waals surface area (Å²) in [6, 6.07) is 11.0. The highest BCUT2D eigenvalue weighted by Crippen LogP contribution is 2.62. The van der Waals surface area contributed by atoms with Crippen molar-refractivity contribution >= 4 is 45.1 Å². The first-order valence-electron chi connectivity index (χ1n) is 15.9. The molecular formula is C34H44FIN6O3. The number of anilines is 1. The van der Waals surface area contributed by atoms with Crippen molar-refractivity contribution < 1.29 is 13.9 Å². The normalized spacial score (nSPS) is 29.8. The zero-order valence-corrected chi connectivity index (χ0v) is 29.1. The predicted octanol–water partition coefficient (Wildman–Crippen LogP) is 5.60. The monoisotopic (exact) mass is 730 g/mol. The van der Waals surface area contributed by atoms with Crippen molar-refractivity contribution in [2.75, 3.05) is 29.9 Å². The first kappa shape index (κ1) is 32.0. The number of alkyl halides is 1. The van der Waals surface area contributed by atoms with E-state index in [9.17, 15) is 9.18 Å². The number of guanidine groups is 1. The van der Waals surface area contributed by atoms with Crippen molar-refractivity contribution in [1.29, 1.82) is 0 Å². The van der Waals surface area contributed by atoms with Crippen LogP contribution < -0.4 is 25.7 Å². The van der Waals surface area contributed by atoms with Gasteiger partial charge in [-0.2, -0.15) is 0 Å². The average molecular weight is 731 g/mol. The van der Waals surface area contributed by atoms with Crippen molar-refractivity contribution in [2.24, 2.45) is 35.2 Å². The highest BCUT2D eigenvalue weighted by atomic mass is 127. The van der Waals surface area contributed by atoms with Gasteiger partial charge in [-0.3, -0.25) is 9.36 Å². The molecule has 7 atom stereocenters. The first-order chi connectivity index (χ1) is 21.5. The number of methoxy groups -OCH3 is 1. The van der Waals surface area contributed by atoms with Crippen molar-refractivity contribution in [1.82, 2.24) is 19.8 Å². The summed E-state index contributed by atoms with van der Waals surface area (Å²) < 4.78 is 28.0. The Morgan fingerprint density at radius 3 is 2.60 bits per heavy atom. The molecule has 2 unspecified atom stereocenters. The molecule has 3 aliphatic carbocycles. The Hall–Kier alpha value is -2.93. The molecule has 1 aliphatic heterocycles. The van der Waals surface area contributed by atoms with Crippen LogP contribution in [0.2, 0.25) is 0 Å². The maximum absolute atomic E-state index is 14.5. The summed E-state index contributed by atoms with van der Waals surface area (Å²) in [5.41, 5.74) is 1.60. The Labute approximate surface area is 278 Å². The Morgan fingerprint density at radius 1 is 1.18 bits per heavy atom. The second-order valence-electron chi connectivity index (χ2n) is 13.5. The number of hydrogen-bond donors (Lipinski definition) is 2. The third-order valence-electron chi connectivity index (χ3n) is 10.4. The highest BCUT2D eigenvalue weighted by molar-refractivity contribution is 14.1.